The SMILES string of the molecule is CCN1CCC(NS(=O)(=O)c2cc(N)cc(C)c2C)CC1. The third kappa shape index (κ3) is 3.75. The zero-order valence-electron chi connectivity index (χ0n) is 13.0. The molecule has 0 amide bonds. The Balaban J connectivity index is 2.16. The molecular weight excluding hydrogens is 286 g/mol. The van der Waals surface area contributed by atoms with Crippen molar-refractivity contribution in [2.45, 2.75) is 44.6 Å². The summed E-state index contributed by atoms with van der Waals surface area (Å²) in [5, 5.41) is 0. The van der Waals surface area contributed by atoms with E-state index in [1.54, 1.807) is 12.1 Å². The predicted molar refractivity (Wildman–Crippen MR) is 85.8 cm³/mol. The monoisotopic (exact) mass is 311 g/mol. The van der Waals surface area contributed by atoms with E-state index in [1.807, 2.05) is 13.8 Å². The molecule has 0 radical (unpaired) electrons. The van der Waals surface area contributed by atoms with Crippen molar-refractivity contribution in [3.8, 4) is 0 Å². The van der Waals surface area contributed by atoms with E-state index in [0.717, 1.165) is 43.6 Å². The van der Waals surface area contributed by atoms with Gasteiger partial charge in [0.05, 0.1) is 4.90 Å². The first-order valence-electron chi connectivity index (χ1n) is 7.45. The van der Waals surface area contributed by atoms with Gasteiger partial charge < -0.3 is 10.6 Å². The van der Waals surface area contributed by atoms with Gasteiger partial charge >= 0.3 is 0 Å². The molecule has 0 saturated carbocycles. The van der Waals surface area contributed by atoms with Crippen molar-refractivity contribution in [3.63, 3.8) is 0 Å². The number of benzene rings is 1. The molecule has 0 aliphatic carbocycles. The molecule has 3 N–H and O–H groups in total. The van der Waals surface area contributed by atoms with Gasteiger partial charge in [-0.05, 0) is 69.6 Å². The van der Waals surface area contributed by atoms with Crippen molar-refractivity contribution in [3.05, 3.63) is 23.3 Å². The Morgan fingerprint density at radius 2 is 1.90 bits per heavy atom. The summed E-state index contributed by atoms with van der Waals surface area (Å²) in [7, 11) is -3.51. The van der Waals surface area contributed by atoms with Crippen LogP contribution in [-0.2, 0) is 10.0 Å². The Morgan fingerprint density at radius 3 is 2.48 bits per heavy atom. The Bertz CT molecular complexity index is 606. The standard InChI is InChI=1S/C15H25N3O2S/c1-4-18-7-5-14(6-8-18)17-21(19,20)15-10-13(16)9-11(2)12(15)3/h9-10,14,17H,4-8,16H2,1-3H3. The lowest BCUT2D eigenvalue weighted by molar-refractivity contribution is 0.217. The molecule has 0 spiro atoms. The van der Waals surface area contributed by atoms with Gasteiger partial charge in [-0.2, -0.15) is 0 Å². The van der Waals surface area contributed by atoms with E-state index >= 15 is 0 Å². The van der Waals surface area contributed by atoms with E-state index in [0.29, 0.717) is 10.6 Å². The minimum Gasteiger partial charge on any atom is -0.399 e. The normalized spacial score (nSPS) is 18.0. The van der Waals surface area contributed by atoms with Crippen molar-refractivity contribution in [2.75, 3.05) is 25.4 Å². The number of nitrogens with two attached hydrogens (primary N) is 1. The first kappa shape index (κ1) is 16.3. The van der Waals surface area contributed by atoms with Crippen LogP contribution in [0.1, 0.15) is 30.9 Å². The lowest BCUT2D eigenvalue weighted by atomic mass is 10.1. The highest BCUT2D eigenvalue weighted by molar-refractivity contribution is 7.89. The number of nitrogens with zero attached hydrogens (tertiary/aromatic N) is 1. The molecule has 0 unspecified atom stereocenters. The van der Waals surface area contributed by atoms with Gasteiger partial charge in [0, 0.05) is 11.7 Å². The fraction of sp³-hybridized carbons (Fsp3) is 0.600. The second-order valence-electron chi connectivity index (χ2n) is 5.79. The summed E-state index contributed by atoms with van der Waals surface area (Å²) in [6.07, 6.45) is 1.71. The van der Waals surface area contributed by atoms with Gasteiger partial charge in [0.2, 0.25) is 10.0 Å². The molecule has 1 aromatic carbocycles. The molecule has 1 aliphatic heterocycles. The minimum atomic E-state index is -3.51. The lowest BCUT2D eigenvalue weighted by Crippen LogP contribution is -2.44. The zero-order chi connectivity index (χ0) is 15.6. The maximum absolute atomic E-state index is 12.6. The van der Waals surface area contributed by atoms with Crippen LogP contribution in [0.5, 0.6) is 0 Å². The van der Waals surface area contributed by atoms with Crippen LogP contribution in [0, 0.1) is 13.8 Å². The van der Waals surface area contributed by atoms with Crippen LogP contribution >= 0.6 is 0 Å². The zero-order valence-corrected chi connectivity index (χ0v) is 13.8. The highest BCUT2D eigenvalue weighted by atomic mass is 32.2. The molecular formula is C15H25N3O2S. The van der Waals surface area contributed by atoms with Crippen LogP contribution in [0.25, 0.3) is 0 Å². The molecule has 1 aliphatic rings. The number of nitrogen functional groups attached to an aromatic ring is 1. The molecule has 0 aromatic heterocycles. The Labute approximate surface area is 127 Å². The Kier molecular flexibility index (Phi) is 4.91. The van der Waals surface area contributed by atoms with Gasteiger partial charge in [-0.3, -0.25) is 0 Å². The molecule has 0 bridgehead atoms. The van der Waals surface area contributed by atoms with Gasteiger partial charge in [-0.1, -0.05) is 6.92 Å². The highest BCUT2D eigenvalue weighted by Gasteiger charge is 2.25. The summed E-state index contributed by atoms with van der Waals surface area (Å²) in [5.41, 5.74) is 7.95. The predicted octanol–water partition coefficient (Wildman–Crippen LogP) is 1.65. The van der Waals surface area contributed by atoms with E-state index in [1.165, 1.54) is 0 Å². The molecule has 118 valence electrons. The number of hydrogen-bond acceptors (Lipinski definition) is 4. The molecule has 21 heavy (non-hydrogen) atoms. The maximum atomic E-state index is 12.6. The number of sulfonamides is 1. The smallest absolute Gasteiger partial charge is 0.241 e. The summed E-state index contributed by atoms with van der Waals surface area (Å²) in [5.74, 6) is 0. The first-order chi connectivity index (χ1) is 9.83. The van der Waals surface area contributed by atoms with Crippen LogP contribution in [0.4, 0.5) is 5.69 Å². The molecule has 1 heterocycles. The van der Waals surface area contributed by atoms with E-state index < -0.39 is 10.0 Å². The number of piperidine rings is 1. The average molecular weight is 311 g/mol. The maximum Gasteiger partial charge on any atom is 0.241 e. The first-order valence-corrected chi connectivity index (χ1v) is 8.93. The quantitative estimate of drug-likeness (QED) is 0.829. The molecule has 6 heteroatoms. The van der Waals surface area contributed by atoms with Crippen molar-refractivity contribution >= 4 is 15.7 Å². The molecule has 1 fully saturated rings. The summed E-state index contributed by atoms with van der Waals surface area (Å²) in [6, 6.07) is 3.36. The molecule has 0 atom stereocenters. The second-order valence-corrected chi connectivity index (χ2v) is 7.47. The molecule has 5 nitrogen and oxygen atoms in total. The summed E-state index contributed by atoms with van der Waals surface area (Å²) < 4.78 is 28.0. The number of rotatable bonds is 4. The van der Waals surface area contributed by atoms with E-state index in [-0.39, 0.29) is 6.04 Å². The minimum absolute atomic E-state index is 0.0129. The third-order valence-corrected chi connectivity index (χ3v) is 5.93. The topological polar surface area (TPSA) is 75.4 Å². The van der Waals surface area contributed by atoms with Crippen LogP contribution in [-0.4, -0.2) is 39.0 Å². The fourth-order valence-electron chi connectivity index (χ4n) is 2.78. The van der Waals surface area contributed by atoms with Crippen molar-refractivity contribution in [1.82, 2.24) is 9.62 Å². The Morgan fingerprint density at radius 1 is 1.29 bits per heavy atom. The Hall–Kier alpha value is -1.11. The lowest BCUT2D eigenvalue weighted by Gasteiger charge is -2.31. The van der Waals surface area contributed by atoms with E-state index in [9.17, 15) is 8.42 Å². The van der Waals surface area contributed by atoms with Gasteiger partial charge in [0.15, 0.2) is 0 Å². The van der Waals surface area contributed by atoms with Crippen LogP contribution in [0.2, 0.25) is 0 Å². The van der Waals surface area contributed by atoms with Crippen LogP contribution in [0.3, 0.4) is 0 Å². The average Bonchev–Trinajstić information content (AvgIpc) is 2.43. The number of aryl methyl sites for hydroxylation is 1. The van der Waals surface area contributed by atoms with E-state index in [2.05, 4.69) is 16.5 Å². The number of nitrogens with one attached hydrogen (secondary N) is 1. The fourth-order valence-corrected chi connectivity index (χ4v) is 4.44. The summed E-state index contributed by atoms with van der Waals surface area (Å²) in [6.45, 7) is 8.74. The number of anilines is 1. The van der Waals surface area contributed by atoms with Gasteiger partial charge in [0.1, 0.15) is 0 Å². The summed E-state index contributed by atoms with van der Waals surface area (Å²) in [4.78, 5) is 2.64. The van der Waals surface area contributed by atoms with Gasteiger partial charge in [-0.25, -0.2) is 13.1 Å². The second kappa shape index (κ2) is 6.34. The summed E-state index contributed by atoms with van der Waals surface area (Å²) >= 11 is 0. The van der Waals surface area contributed by atoms with Gasteiger partial charge in [-0.15, -0.1) is 0 Å². The molecule has 1 aromatic rings. The third-order valence-electron chi connectivity index (χ3n) is 4.29. The number of likely N-dealkylation sites (tertiary alicyclic amines) is 1. The van der Waals surface area contributed by atoms with Gasteiger partial charge in [0.25, 0.3) is 0 Å². The number of hydrogen-bond donors (Lipinski definition) is 2. The molecule has 1 saturated heterocycles. The van der Waals surface area contributed by atoms with E-state index in [4.69, 9.17) is 5.73 Å². The highest BCUT2D eigenvalue weighted by Crippen LogP contribution is 2.23. The largest absolute Gasteiger partial charge is 0.399 e. The van der Waals surface area contributed by atoms with Crippen LogP contribution in [0.15, 0.2) is 17.0 Å². The van der Waals surface area contributed by atoms with Crippen molar-refractivity contribution < 1.29 is 8.42 Å². The van der Waals surface area contributed by atoms with Crippen LogP contribution < -0.4 is 10.5 Å². The molecule has 2 rings (SSSR count). The van der Waals surface area contributed by atoms with Crippen molar-refractivity contribution in [2.24, 2.45) is 0 Å². The van der Waals surface area contributed by atoms with Crippen molar-refractivity contribution in [1.29, 1.82) is 0 Å².